The summed E-state index contributed by atoms with van der Waals surface area (Å²) in [5.41, 5.74) is -0.633. The van der Waals surface area contributed by atoms with Crippen LogP contribution in [0.4, 0.5) is 13.2 Å². The van der Waals surface area contributed by atoms with Crippen molar-refractivity contribution >= 4 is 5.91 Å². The minimum atomic E-state index is -4.38. The summed E-state index contributed by atoms with van der Waals surface area (Å²) in [6.45, 7) is 0. The number of carbonyl (C=O) groups is 1. The third kappa shape index (κ3) is 2.25. The van der Waals surface area contributed by atoms with Gasteiger partial charge < -0.3 is 5.32 Å². The number of amides is 1. The van der Waals surface area contributed by atoms with E-state index in [-0.39, 0.29) is 5.56 Å². The van der Waals surface area contributed by atoms with Gasteiger partial charge in [-0.15, -0.1) is 0 Å². The molecule has 0 unspecified atom stereocenters. The van der Waals surface area contributed by atoms with Crippen molar-refractivity contribution in [2.75, 3.05) is 0 Å². The lowest BCUT2D eigenvalue weighted by Crippen LogP contribution is -2.15. The van der Waals surface area contributed by atoms with Crippen LogP contribution in [0.3, 0.4) is 0 Å². The number of alkyl halides is 3. The average Bonchev–Trinajstić information content (AvgIpc) is 2.15. The molecular weight excluding hydrogens is 195 g/mol. The molecule has 0 aromatic heterocycles. The lowest BCUT2D eigenvalue weighted by molar-refractivity contribution is -0.137. The van der Waals surface area contributed by atoms with Crippen LogP contribution in [-0.2, 0) is 6.18 Å². The predicted octanol–water partition coefficient (Wildman–Crippen LogP) is 2.23. The van der Waals surface area contributed by atoms with Crippen LogP contribution < -0.4 is 5.32 Å². The summed E-state index contributed by atoms with van der Waals surface area (Å²) in [6.07, 6.45) is -4.38. The Morgan fingerprint density at radius 3 is 2.07 bits per heavy atom. The first kappa shape index (κ1) is 10.6. The van der Waals surface area contributed by atoms with Gasteiger partial charge in [-0.2, -0.15) is 13.2 Å². The van der Waals surface area contributed by atoms with E-state index in [1.54, 1.807) is 0 Å². The second-order valence-corrected chi connectivity index (χ2v) is 2.58. The van der Waals surface area contributed by atoms with Crippen molar-refractivity contribution < 1.29 is 18.0 Å². The standard InChI is InChI=1S/C9H7F3NO/c1-13-8(14)6-2-4-7(5-3-6)9(10,11)12/h2-5H,1H2,(H,13,14). The number of carbonyl (C=O) groups excluding carboxylic acids is 1. The molecule has 1 aromatic carbocycles. The van der Waals surface area contributed by atoms with Gasteiger partial charge in [0.15, 0.2) is 0 Å². The minimum absolute atomic E-state index is 0.146. The van der Waals surface area contributed by atoms with Gasteiger partial charge in [0.1, 0.15) is 0 Å². The highest BCUT2D eigenvalue weighted by Gasteiger charge is 2.30. The number of nitrogens with one attached hydrogen (secondary N) is 1. The van der Waals surface area contributed by atoms with Crippen LogP contribution in [0.1, 0.15) is 15.9 Å². The zero-order chi connectivity index (χ0) is 10.8. The van der Waals surface area contributed by atoms with Gasteiger partial charge in [-0.1, -0.05) is 0 Å². The van der Waals surface area contributed by atoms with Crippen molar-refractivity contribution in [2.24, 2.45) is 0 Å². The molecule has 1 amide bonds. The molecule has 1 rings (SSSR count). The first-order chi connectivity index (χ1) is 6.45. The molecule has 1 N–H and O–H groups in total. The van der Waals surface area contributed by atoms with Gasteiger partial charge in [0.25, 0.3) is 5.91 Å². The molecule has 0 fully saturated rings. The second-order valence-electron chi connectivity index (χ2n) is 2.58. The molecule has 5 heteroatoms. The quantitative estimate of drug-likeness (QED) is 0.743. The van der Waals surface area contributed by atoms with Gasteiger partial charge >= 0.3 is 6.18 Å². The largest absolute Gasteiger partial charge is 0.416 e. The SMILES string of the molecule is [CH2]NC(=O)c1ccc(C(F)(F)F)cc1. The molecule has 1 aromatic rings. The zero-order valence-electron chi connectivity index (χ0n) is 7.06. The number of rotatable bonds is 1. The fourth-order valence-electron chi connectivity index (χ4n) is 0.913. The zero-order valence-corrected chi connectivity index (χ0v) is 7.06. The highest BCUT2D eigenvalue weighted by Crippen LogP contribution is 2.28. The van der Waals surface area contributed by atoms with Gasteiger partial charge in [-0.3, -0.25) is 4.79 Å². The van der Waals surface area contributed by atoms with E-state index in [9.17, 15) is 18.0 Å². The van der Waals surface area contributed by atoms with Crippen LogP contribution in [-0.4, -0.2) is 5.91 Å². The molecule has 0 aliphatic rings. The molecule has 0 aliphatic heterocycles. The normalized spacial score (nSPS) is 11.1. The maximum Gasteiger partial charge on any atom is 0.416 e. The van der Waals surface area contributed by atoms with Crippen LogP contribution in [0, 0.1) is 7.05 Å². The maximum atomic E-state index is 12.1. The summed E-state index contributed by atoms with van der Waals surface area (Å²) in [5.74, 6) is -0.515. The molecule has 14 heavy (non-hydrogen) atoms. The molecule has 0 bridgehead atoms. The smallest absolute Gasteiger partial charge is 0.350 e. The Balaban J connectivity index is 2.95. The molecular formula is C9H7F3NO. The van der Waals surface area contributed by atoms with E-state index >= 15 is 0 Å². The fourth-order valence-corrected chi connectivity index (χ4v) is 0.913. The summed E-state index contributed by atoms with van der Waals surface area (Å²) in [4.78, 5) is 10.9. The van der Waals surface area contributed by atoms with Crippen molar-refractivity contribution in [1.82, 2.24) is 5.32 Å². The Hall–Kier alpha value is -1.52. The summed E-state index contributed by atoms with van der Waals surface area (Å²) in [5, 5.41) is 2.07. The highest BCUT2D eigenvalue weighted by molar-refractivity contribution is 5.94. The second kappa shape index (κ2) is 3.69. The predicted molar refractivity (Wildman–Crippen MR) is 44.3 cm³/mol. The van der Waals surface area contributed by atoms with Crippen molar-refractivity contribution in [3.63, 3.8) is 0 Å². The lowest BCUT2D eigenvalue weighted by atomic mass is 10.1. The Labute approximate surface area is 78.7 Å². The van der Waals surface area contributed by atoms with Crippen LogP contribution in [0.15, 0.2) is 24.3 Å². The van der Waals surface area contributed by atoms with Crippen LogP contribution >= 0.6 is 0 Å². The van der Waals surface area contributed by atoms with Crippen molar-refractivity contribution in [2.45, 2.75) is 6.18 Å². The van der Waals surface area contributed by atoms with Gasteiger partial charge in [-0.05, 0) is 24.3 Å². The van der Waals surface area contributed by atoms with E-state index in [0.29, 0.717) is 0 Å². The molecule has 0 heterocycles. The van der Waals surface area contributed by atoms with E-state index in [1.807, 2.05) is 0 Å². The van der Waals surface area contributed by atoms with E-state index in [1.165, 1.54) is 0 Å². The Bertz CT molecular complexity index is 329. The molecule has 0 saturated heterocycles. The topological polar surface area (TPSA) is 29.1 Å². The number of halogens is 3. The van der Waals surface area contributed by atoms with Crippen LogP contribution in [0.2, 0.25) is 0 Å². The first-order valence-electron chi connectivity index (χ1n) is 3.70. The molecule has 2 nitrogen and oxygen atoms in total. The van der Waals surface area contributed by atoms with Crippen LogP contribution in [0.5, 0.6) is 0 Å². The van der Waals surface area contributed by atoms with E-state index in [2.05, 4.69) is 12.4 Å². The molecule has 0 atom stereocenters. The van der Waals surface area contributed by atoms with Gasteiger partial charge in [-0.25, -0.2) is 0 Å². The Morgan fingerprint density at radius 1 is 1.21 bits per heavy atom. The fraction of sp³-hybridized carbons (Fsp3) is 0.111. The van der Waals surface area contributed by atoms with Gasteiger partial charge in [0, 0.05) is 12.6 Å². The molecule has 75 valence electrons. The van der Waals surface area contributed by atoms with Crippen LogP contribution in [0.25, 0.3) is 0 Å². The molecule has 0 aliphatic carbocycles. The third-order valence-electron chi connectivity index (χ3n) is 1.63. The third-order valence-corrected chi connectivity index (χ3v) is 1.63. The number of hydrogen-bond acceptors (Lipinski definition) is 1. The monoisotopic (exact) mass is 202 g/mol. The average molecular weight is 202 g/mol. The summed E-state index contributed by atoms with van der Waals surface area (Å²) in [7, 11) is 3.11. The number of benzene rings is 1. The number of hydrogen-bond donors (Lipinski definition) is 1. The molecule has 1 radical (unpaired) electrons. The van der Waals surface area contributed by atoms with E-state index in [4.69, 9.17) is 0 Å². The minimum Gasteiger partial charge on any atom is -0.350 e. The van der Waals surface area contributed by atoms with E-state index in [0.717, 1.165) is 24.3 Å². The summed E-state index contributed by atoms with van der Waals surface area (Å²) < 4.78 is 36.3. The summed E-state index contributed by atoms with van der Waals surface area (Å²) >= 11 is 0. The lowest BCUT2D eigenvalue weighted by Gasteiger charge is -2.06. The summed E-state index contributed by atoms with van der Waals surface area (Å²) in [6, 6.07) is 3.90. The highest BCUT2D eigenvalue weighted by atomic mass is 19.4. The molecule has 0 saturated carbocycles. The Kier molecular flexibility index (Phi) is 2.78. The van der Waals surface area contributed by atoms with Gasteiger partial charge in [0.2, 0.25) is 0 Å². The maximum absolute atomic E-state index is 12.1. The van der Waals surface area contributed by atoms with Crippen molar-refractivity contribution in [3.8, 4) is 0 Å². The van der Waals surface area contributed by atoms with Gasteiger partial charge in [0.05, 0.1) is 5.56 Å². The Morgan fingerprint density at radius 2 is 1.71 bits per heavy atom. The first-order valence-corrected chi connectivity index (χ1v) is 3.70. The van der Waals surface area contributed by atoms with Crippen molar-refractivity contribution in [3.05, 3.63) is 42.4 Å². The molecule has 0 spiro atoms. The van der Waals surface area contributed by atoms with Crippen molar-refractivity contribution in [1.29, 1.82) is 0 Å². The van der Waals surface area contributed by atoms with E-state index < -0.39 is 17.6 Å².